The maximum Gasteiger partial charge on any atom is 0.188 e. The molecule has 0 unspecified atom stereocenters. The van der Waals surface area contributed by atoms with Gasteiger partial charge in [0.1, 0.15) is 5.75 Å². The van der Waals surface area contributed by atoms with Crippen LogP contribution in [-0.4, -0.2) is 34.4 Å². The Morgan fingerprint density at radius 2 is 2.24 bits per heavy atom. The Labute approximate surface area is 99.6 Å². The minimum atomic E-state index is 0.606. The van der Waals surface area contributed by atoms with Gasteiger partial charge in [0, 0.05) is 0 Å². The molecule has 0 bridgehead atoms. The smallest absolute Gasteiger partial charge is 0.188 e. The zero-order valence-corrected chi connectivity index (χ0v) is 10.1. The maximum atomic E-state index is 5.20. The van der Waals surface area contributed by atoms with E-state index in [0.29, 0.717) is 12.4 Å². The molecule has 1 aromatic carbocycles. The highest BCUT2D eigenvalue weighted by atomic mass is 16.5. The number of tetrazole rings is 1. The lowest BCUT2D eigenvalue weighted by atomic mass is 10.2. The highest BCUT2D eigenvalue weighted by Crippen LogP contribution is 2.19. The fraction of sp³-hybridized carbons (Fsp3) is 0.364. The quantitative estimate of drug-likeness (QED) is 0.842. The summed E-state index contributed by atoms with van der Waals surface area (Å²) in [6, 6.07) is 5.76. The summed E-state index contributed by atoms with van der Waals surface area (Å²) in [6.45, 7) is 2.59. The number of hydrogen-bond acceptors (Lipinski definition) is 5. The molecule has 2 aromatic rings. The van der Waals surface area contributed by atoms with Crippen LogP contribution in [0.25, 0.3) is 5.69 Å². The van der Waals surface area contributed by atoms with E-state index in [9.17, 15) is 0 Å². The molecular formula is C11H15N5O. The molecule has 6 heteroatoms. The lowest BCUT2D eigenvalue weighted by Gasteiger charge is -2.05. The van der Waals surface area contributed by atoms with Crippen LogP contribution in [0, 0.1) is 6.92 Å². The number of benzene rings is 1. The number of hydrogen-bond donors (Lipinski definition) is 1. The van der Waals surface area contributed by atoms with Crippen molar-refractivity contribution in [3.8, 4) is 11.4 Å². The molecule has 0 aliphatic heterocycles. The zero-order valence-electron chi connectivity index (χ0n) is 10.1. The third-order valence-corrected chi connectivity index (χ3v) is 2.40. The summed E-state index contributed by atoms with van der Waals surface area (Å²) in [5, 5.41) is 15.2. The molecule has 0 spiro atoms. The molecule has 0 saturated carbocycles. The largest absolute Gasteiger partial charge is 0.496 e. The van der Waals surface area contributed by atoms with Gasteiger partial charge < -0.3 is 10.1 Å². The van der Waals surface area contributed by atoms with Gasteiger partial charge in [-0.15, -0.1) is 15.0 Å². The molecule has 1 heterocycles. The third kappa shape index (κ3) is 2.42. The number of methoxy groups -OCH3 is 1. The Balaban J connectivity index is 2.29. The summed E-state index contributed by atoms with van der Waals surface area (Å²) in [5.74, 6) is 1.52. The third-order valence-electron chi connectivity index (χ3n) is 2.40. The van der Waals surface area contributed by atoms with Crippen molar-refractivity contribution in [2.75, 3.05) is 14.2 Å². The van der Waals surface area contributed by atoms with Crippen molar-refractivity contribution < 1.29 is 4.74 Å². The molecule has 0 radical (unpaired) electrons. The van der Waals surface area contributed by atoms with Gasteiger partial charge in [-0.1, -0.05) is 0 Å². The van der Waals surface area contributed by atoms with Crippen molar-refractivity contribution in [1.29, 1.82) is 0 Å². The second kappa shape index (κ2) is 4.92. The Hall–Kier alpha value is -1.95. The molecule has 0 aliphatic rings. The predicted molar refractivity (Wildman–Crippen MR) is 63.2 cm³/mol. The van der Waals surface area contributed by atoms with E-state index in [-0.39, 0.29) is 0 Å². The van der Waals surface area contributed by atoms with E-state index >= 15 is 0 Å². The summed E-state index contributed by atoms with van der Waals surface area (Å²) in [7, 11) is 3.50. The molecule has 1 aromatic heterocycles. The molecule has 0 saturated heterocycles. The van der Waals surface area contributed by atoms with Crippen LogP contribution in [-0.2, 0) is 6.54 Å². The molecule has 0 atom stereocenters. The van der Waals surface area contributed by atoms with E-state index < -0.39 is 0 Å². The molecule has 2 rings (SSSR count). The van der Waals surface area contributed by atoms with E-state index in [2.05, 4.69) is 20.7 Å². The molecule has 1 N–H and O–H groups in total. The monoisotopic (exact) mass is 233 g/mol. The summed E-state index contributed by atoms with van der Waals surface area (Å²) in [5.41, 5.74) is 1.91. The number of aromatic nitrogens is 4. The van der Waals surface area contributed by atoms with Crippen LogP contribution in [0.1, 0.15) is 11.4 Å². The lowest BCUT2D eigenvalue weighted by Crippen LogP contribution is -2.07. The molecule has 0 fully saturated rings. The molecule has 6 nitrogen and oxygen atoms in total. The van der Waals surface area contributed by atoms with Gasteiger partial charge in [-0.05, 0) is 42.9 Å². The Morgan fingerprint density at radius 3 is 2.88 bits per heavy atom. The van der Waals surface area contributed by atoms with Gasteiger partial charge >= 0.3 is 0 Å². The maximum absolute atomic E-state index is 5.20. The molecule has 0 amide bonds. The summed E-state index contributed by atoms with van der Waals surface area (Å²) >= 11 is 0. The van der Waals surface area contributed by atoms with Crippen LogP contribution in [0.3, 0.4) is 0 Å². The summed E-state index contributed by atoms with van der Waals surface area (Å²) in [6.07, 6.45) is 0. The number of aryl methyl sites for hydroxylation is 1. The van der Waals surface area contributed by atoms with Crippen LogP contribution in [0.4, 0.5) is 0 Å². The van der Waals surface area contributed by atoms with E-state index in [1.165, 1.54) is 4.80 Å². The van der Waals surface area contributed by atoms with Gasteiger partial charge in [-0.2, -0.15) is 0 Å². The summed E-state index contributed by atoms with van der Waals surface area (Å²) in [4.78, 5) is 1.51. The van der Waals surface area contributed by atoms with Crippen LogP contribution in [0.15, 0.2) is 18.2 Å². The number of ether oxygens (including phenoxy) is 1. The minimum Gasteiger partial charge on any atom is -0.496 e. The van der Waals surface area contributed by atoms with Crippen molar-refractivity contribution in [1.82, 2.24) is 25.5 Å². The first-order valence-electron chi connectivity index (χ1n) is 5.33. The van der Waals surface area contributed by atoms with Gasteiger partial charge in [0.15, 0.2) is 5.82 Å². The molecular weight excluding hydrogens is 218 g/mol. The van der Waals surface area contributed by atoms with Crippen molar-refractivity contribution in [2.45, 2.75) is 13.5 Å². The van der Waals surface area contributed by atoms with Gasteiger partial charge in [0.2, 0.25) is 0 Å². The fourth-order valence-electron chi connectivity index (χ4n) is 1.57. The lowest BCUT2D eigenvalue weighted by molar-refractivity contribution is 0.411. The SMILES string of the molecule is CNCc1nnn(-c2ccc(OC)c(C)c2)n1. The fourth-order valence-corrected chi connectivity index (χ4v) is 1.57. The van der Waals surface area contributed by atoms with Gasteiger partial charge in [-0.3, -0.25) is 0 Å². The van der Waals surface area contributed by atoms with Crippen LogP contribution >= 0.6 is 0 Å². The normalized spacial score (nSPS) is 10.5. The second-order valence-corrected chi connectivity index (χ2v) is 3.68. The predicted octanol–water partition coefficient (Wildman–Crippen LogP) is 0.699. The molecule has 0 aliphatic carbocycles. The van der Waals surface area contributed by atoms with E-state index in [4.69, 9.17) is 4.74 Å². The minimum absolute atomic E-state index is 0.606. The van der Waals surface area contributed by atoms with Crippen LogP contribution < -0.4 is 10.1 Å². The Kier molecular flexibility index (Phi) is 3.34. The Morgan fingerprint density at radius 1 is 1.41 bits per heavy atom. The Bertz CT molecular complexity index is 508. The average Bonchev–Trinajstić information content (AvgIpc) is 2.78. The number of nitrogens with zero attached hydrogens (tertiary/aromatic N) is 4. The number of nitrogens with one attached hydrogen (secondary N) is 1. The van der Waals surface area contributed by atoms with Crippen molar-refractivity contribution in [3.63, 3.8) is 0 Å². The van der Waals surface area contributed by atoms with Crippen LogP contribution in [0.5, 0.6) is 5.75 Å². The van der Waals surface area contributed by atoms with Gasteiger partial charge in [0.05, 0.1) is 19.3 Å². The summed E-state index contributed by atoms with van der Waals surface area (Å²) < 4.78 is 5.20. The van der Waals surface area contributed by atoms with Gasteiger partial charge in [0.25, 0.3) is 0 Å². The standard InChI is InChI=1S/C11H15N5O/c1-8-6-9(4-5-10(8)17-3)16-14-11(7-12-2)13-15-16/h4-6,12H,7H2,1-3H3. The highest BCUT2D eigenvalue weighted by Gasteiger charge is 2.06. The topological polar surface area (TPSA) is 64.9 Å². The van der Waals surface area contributed by atoms with E-state index in [1.807, 2.05) is 32.2 Å². The number of rotatable bonds is 4. The van der Waals surface area contributed by atoms with Crippen molar-refractivity contribution in [2.24, 2.45) is 0 Å². The average molecular weight is 233 g/mol. The first-order chi connectivity index (χ1) is 8.24. The second-order valence-electron chi connectivity index (χ2n) is 3.68. The van der Waals surface area contributed by atoms with Crippen LogP contribution in [0.2, 0.25) is 0 Å². The van der Waals surface area contributed by atoms with Crippen molar-refractivity contribution >= 4 is 0 Å². The van der Waals surface area contributed by atoms with E-state index in [0.717, 1.165) is 17.0 Å². The van der Waals surface area contributed by atoms with E-state index in [1.54, 1.807) is 7.11 Å². The first kappa shape index (κ1) is 11.5. The highest BCUT2D eigenvalue weighted by molar-refractivity contribution is 5.42. The zero-order chi connectivity index (χ0) is 12.3. The first-order valence-corrected chi connectivity index (χ1v) is 5.33. The van der Waals surface area contributed by atoms with Gasteiger partial charge in [-0.25, -0.2) is 0 Å². The molecule has 17 heavy (non-hydrogen) atoms. The molecule has 90 valence electrons. The van der Waals surface area contributed by atoms with Crippen molar-refractivity contribution in [3.05, 3.63) is 29.6 Å².